The summed E-state index contributed by atoms with van der Waals surface area (Å²) in [4.78, 5) is 37.6. The lowest BCUT2D eigenvalue weighted by Gasteiger charge is -2.29. The maximum absolute atomic E-state index is 13.0. The highest BCUT2D eigenvalue weighted by molar-refractivity contribution is 6.28. The lowest BCUT2D eigenvalue weighted by molar-refractivity contribution is -0.126. The smallest absolute Gasteiger partial charge is 0.228 e. The molecule has 0 aromatic heterocycles. The van der Waals surface area contributed by atoms with Gasteiger partial charge in [0.15, 0.2) is 23.4 Å². The first-order valence-electron chi connectivity index (χ1n) is 8.53. The van der Waals surface area contributed by atoms with Crippen molar-refractivity contribution in [2.75, 3.05) is 7.11 Å². The summed E-state index contributed by atoms with van der Waals surface area (Å²) in [6.07, 6.45) is 0.125. The normalized spacial score (nSPS) is 19.1. The molecule has 5 heteroatoms. The third-order valence-corrected chi connectivity index (χ3v) is 5.17. The zero-order valence-electron chi connectivity index (χ0n) is 14.8. The Labute approximate surface area is 150 Å². The third-order valence-electron chi connectivity index (χ3n) is 5.17. The van der Waals surface area contributed by atoms with Crippen LogP contribution in [-0.4, -0.2) is 30.6 Å². The number of hydrogen-bond donors (Lipinski definition) is 0. The molecule has 2 aromatic rings. The molecule has 0 fully saturated rings. The standard InChI is InChI=1S/C21H18O5/c1-10-4-6-18(25-3)14-9-15-16(8-13(10)14)20(24)21-12(19(15)23)5-7-17(26-21)11(2)22/h4,6,8-9,17H,5,7H2,1-3H3/t17-/m1/s1. The van der Waals surface area contributed by atoms with Crippen LogP contribution in [0.5, 0.6) is 5.75 Å². The van der Waals surface area contributed by atoms with Crippen LogP contribution in [0.25, 0.3) is 10.8 Å². The summed E-state index contributed by atoms with van der Waals surface area (Å²) in [6.45, 7) is 3.37. The van der Waals surface area contributed by atoms with Gasteiger partial charge in [-0.15, -0.1) is 0 Å². The van der Waals surface area contributed by atoms with E-state index in [1.165, 1.54) is 6.92 Å². The number of hydrogen-bond acceptors (Lipinski definition) is 5. The number of aryl methyl sites for hydroxylation is 1. The highest BCUT2D eigenvalue weighted by Gasteiger charge is 2.39. The average molecular weight is 350 g/mol. The van der Waals surface area contributed by atoms with E-state index in [1.54, 1.807) is 19.2 Å². The minimum absolute atomic E-state index is 0.0360. The second-order valence-corrected chi connectivity index (χ2v) is 6.75. The van der Waals surface area contributed by atoms with Crippen LogP contribution < -0.4 is 4.74 Å². The number of carbonyl (C=O) groups excluding carboxylic acids is 3. The second kappa shape index (κ2) is 5.80. The fourth-order valence-corrected chi connectivity index (χ4v) is 3.70. The molecule has 5 nitrogen and oxygen atoms in total. The van der Waals surface area contributed by atoms with Gasteiger partial charge in [0.2, 0.25) is 5.78 Å². The van der Waals surface area contributed by atoms with Crippen molar-refractivity contribution in [2.24, 2.45) is 0 Å². The van der Waals surface area contributed by atoms with Gasteiger partial charge in [-0.2, -0.15) is 0 Å². The molecule has 0 saturated carbocycles. The van der Waals surface area contributed by atoms with Crippen LogP contribution >= 0.6 is 0 Å². The van der Waals surface area contributed by atoms with E-state index in [0.717, 1.165) is 16.3 Å². The number of methoxy groups -OCH3 is 1. The number of rotatable bonds is 2. The predicted molar refractivity (Wildman–Crippen MR) is 95.7 cm³/mol. The number of ketones is 3. The Kier molecular flexibility index (Phi) is 3.68. The zero-order valence-corrected chi connectivity index (χ0v) is 14.8. The fraction of sp³-hybridized carbons (Fsp3) is 0.286. The Bertz CT molecular complexity index is 1030. The van der Waals surface area contributed by atoms with Crippen molar-refractivity contribution >= 4 is 28.1 Å². The monoisotopic (exact) mass is 350 g/mol. The number of Topliss-reactive ketones (excluding diaryl/α,β-unsaturated/α-hetero) is 3. The topological polar surface area (TPSA) is 69.7 Å². The van der Waals surface area contributed by atoms with E-state index >= 15 is 0 Å². The van der Waals surface area contributed by atoms with Gasteiger partial charge in [0.25, 0.3) is 0 Å². The molecule has 0 saturated heterocycles. The van der Waals surface area contributed by atoms with Crippen LogP contribution in [0.4, 0.5) is 0 Å². The van der Waals surface area contributed by atoms with Crippen molar-refractivity contribution < 1.29 is 23.9 Å². The first-order valence-corrected chi connectivity index (χ1v) is 8.53. The first kappa shape index (κ1) is 16.5. The maximum Gasteiger partial charge on any atom is 0.228 e. The molecule has 1 heterocycles. The molecule has 2 aliphatic rings. The van der Waals surface area contributed by atoms with Crippen LogP contribution in [0.15, 0.2) is 35.6 Å². The first-order chi connectivity index (χ1) is 12.4. The summed E-state index contributed by atoms with van der Waals surface area (Å²) in [6, 6.07) is 7.23. The number of fused-ring (bicyclic) bond motifs is 2. The van der Waals surface area contributed by atoms with E-state index in [-0.39, 0.29) is 23.1 Å². The molecule has 0 unspecified atom stereocenters. The Balaban J connectivity index is 1.92. The molecule has 0 amide bonds. The molecule has 0 N–H and O–H groups in total. The molecule has 2 aromatic carbocycles. The molecule has 1 aliphatic carbocycles. The van der Waals surface area contributed by atoms with E-state index in [1.807, 2.05) is 19.1 Å². The molecular formula is C21H18O5. The number of carbonyl (C=O) groups is 3. The molecule has 4 rings (SSSR count). The van der Waals surface area contributed by atoms with Gasteiger partial charge >= 0.3 is 0 Å². The fourth-order valence-electron chi connectivity index (χ4n) is 3.70. The summed E-state index contributed by atoms with van der Waals surface area (Å²) in [7, 11) is 1.58. The Morgan fingerprint density at radius 1 is 1.12 bits per heavy atom. The van der Waals surface area contributed by atoms with Gasteiger partial charge < -0.3 is 9.47 Å². The highest BCUT2D eigenvalue weighted by Crippen LogP contribution is 2.38. The lowest BCUT2D eigenvalue weighted by atomic mass is 9.82. The number of allylic oxidation sites excluding steroid dienone is 2. The quantitative estimate of drug-likeness (QED) is 0.828. The van der Waals surface area contributed by atoms with E-state index in [0.29, 0.717) is 35.3 Å². The summed E-state index contributed by atoms with van der Waals surface area (Å²) >= 11 is 0. The van der Waals surface area contributed by atoms with Crippen molar-refractivity contribution in [2.45, 2.75) is 32.8 Å². The molecule has 132 valence electrons. The molecule has 1 atom stereocenters. The lowest BCUT2D eigenvalue weighted by Crippen LogP contribution is -2.33. The summed E-state index contributed by atoms with van der Waals surface area (Å²) in [5, 5.41) is 1.65. The molecule has 1 aliphatic heterocycles. The van der Waals surface area contributed by atoms with Gasteiger partial charge in [0.1, 0.15) is 5.75 Å². The summed E-state index contributed by atoms with van der Waals surface area (Å²) in [5.41, 5.74) is 2.04. The van der Waals surface area contributed by atoms with E-state index < -0.39 is 6.10 Å². The molecular weight excluding hydrogens is 332 g/mol. The Morgan fingerprint density at radius 2 is 1.81 bits per heavy atom. The van der Waals surface area contributed by atoms with Crippen LogP contribution in [0.2, 0.25) is 0 Å². The van der Waals surface area contributed by atoms with Crippen molar-refractivity contribution in [3.8, 4) is 5.75 Å². The third kappa shape index (κ3) is 2.27. The van der Waals surface area contributed by atoms with Crippen molar-refractivity contribution in [3.63, 3.8) is 0 Å². The van der Waals surface area contributed by atoms with Gasteiger partial charge in [-0.3, -0.25) is 14.4 Å². The Hall–Kier alpha value is -2.95. The van der Waals surface area contributed by atoms with Crippen molar-refractivity contribution in [3.05, 3.63) is 52.3 Å². The SMILES string of the molecule is COc1ccc(C)c2cc3c(cc12)C(=O)C1=C(O[C@@H](C(C)=O)CC1)C3=O. The highest BCUT2D eigenvalue weighted by atomic mass is 16.5. The molecule has 26 heavy (non-hydrogen) atoms. The van der Waals surface area contributed by atoms with Gasteiger partial charge in [0, 0.05) is 22.1 Å². The van der Waals surface area contributed by atoms with Crippen LogP contribution in [0.1, 0.15) is 46.0 Å². The van der Waals surface area contributed by atoms with Gasteiger partial charge in [-0.25, -0.2) is 0 Å². The second-order valence-electron chi connectivity index (χ2n) is 6.75. The van der Waals surface area contributed by atoms with E-state index in [9.17, 15) is 14.4 Å². The summed E-state index contributed by atoms with van der Waals surface area (Å²) in [5.74, 6) is 0.0206. The predicted octanol–water partition coefficient (Wildman–Crippen LogP) is 3.56. The largest absolute Gasteiger partial charge is 0.496 e. The summed E-state index contributed by atoms with van der Waals surface area (Å²) < 4.78 is 11.0. The van der Waals surface area contributed by atoms with E-state index in [2.05, 4.69) is 0 Å². The molecule has 0 spiro atoms. The van der Waals surface area contributed by atoms with E-state index in [4.69, 9.17) is 9.47 Å². The average Bonchev–Trinajstić information content (AvgIpc) is 2.65. The van der Waals surface area contributed by atoms with Gasteiger partial charge in [-0.05, 0) is 55.8 Å². The molecule has 0 bridgehead atoms. The zero-order chi connectivity index (χ0) is 18.6. The molecule has 0 radical (unpaired) electrons. The van der Waals surface area contributed by atoms with Crippen molar-refractivity contribution in [1.29, 1.82) is 0 Å². The van der Waals surface area contributed by atoms with Crippen molar-refractivity contribution in [1.82, 2.24) is 0 Å². The minimum atomic E-state index is -0.658. The Morgan fingerprint density at radius 3 is 2.50 bits per heavy atom. The van der Waals surface area contributed by atoms with Crippen LogP contribution in [0, 0.1) is 6.92 Å². The van der Waals surface area contributed by atoms with Crippen LogP contribution in [-0.2, 0) is 9.53 Å². The minimum Gasteiger partial charge on any atom is -0.496 e. The number of benzene rings is 2. The van der Waals surface area contributed by atoms with Gasteiger partial charge in [-0.1, -0.05) is 6.07 Å². The van der Waals surface area contributed by atoms with Crippen LogP contribution in [0.3, 0.4) is 0 Å². The number of ether oxygens (including phenoxy) is 2. The maximum atomic E-state index is 13.0. The van der Waals surface area contributed by atoms with Gasteiger partial charge in [0.05, 0.1) is 7.11 Å².